The van der Waals surface area contributed by atoms with Crippen LogP contribution in [0.4, 0.5) is 4.39 Å². The fourth-order valence-corrected chi connectivity index (χ4v) is 1.73. The van der Waals surface area contributed by atoms with E-state index in [9.17, 15) is 9.18 Å². The number of hydrogen-bond donors (Lipinski definition) is 2. The number of halogens is 1. The van der Waals surface area contributed by atoms with Gasteiger partial charge in [-0.25, -0.2) is 9.18 Å². The molecule has 1 saturated carbocycles. The van der Waals surface area contributed by atoms with E-state index in [2.05, 4.69) is 5.32 Å². The van der Waals surface area contributed by atoms with Crippen molar-refractivity contribution in [1.29, 1.82) is 0 Å². The first-order valence-electron chi connectivity index (χ1n) is 5.85. The van der Waals surface area contributed by atoms with E-state index in [-0.39, 0.29) is 12.0 Å². The first-order valence-corrected chi connectivity index (χ1v) is 5.85. The van der Waals surface area contributed by atoms with Crippen molar-refractivity contribution in [3.63, 3.8) is 0 Å². The Kier molecular flexibility index (Phi) is 3.74. The lowest BCUT2D eigenvalue weighted by molar-refractivity contribution is 0.0696. The molecule has 1 atom stereocenters. The lowest BCUT2D eigenvalue weighted by Crippen LogP contribution is -2.28. The molecule has 1 aliphatic rings. The summed E-state index contributed by atoms with van der Waals surface area (Å²) in [5.74, 6) is -0.341. The standard InChI is InChI=1S/C13H16FNO2/c14-12(15-8-9-4-5-9)7-10-2-1-3-11(6-10)13(16)17/h1-3,6,9,12,15H,4-5,7-8H2,(H,16,17). The van der Waals surface area contributed by atoms with Gasteiger partial charge in [-0.3, -0.25) is 5.32 Å². The normalized spacial score (nSPS) is 16.8. The highest BCUT2D eigenvalue weighted by atomic mass is 19.1. The zero-order chi connectivity index (χ0) is 12.3. The molecule has 3 nitrogen and oxygen atoms in total. The highest BCUT2D eigenvalue weighted by Crippen LogP contribution is 2.27. The van der Waals surface area contributed by atoms with Crippen LogP contribution in [-0.4, -0.2) is 23.9 Å². The van der Waals surface area contributed by atoms with Gasteiger partial charge in [0, 0.05) is 13.0 Å². The molecule has 0 saturated heterocycles. The Labute approximate surface area is 99.7 Å². The summed E-state index contributed by atoms with van der Waals surface area (Å²) in [6, 6.07) is 6.43. The van der Waals surface area contributed by atoms with Gasteiger partial charge >= 0.3 is 5.97 Å². The highest BCUT2D eigenvalue weighted by Gasteiger charge is 2.22. The smallest absolute Gasteiger partial charge is 0.335 e. The third kappa shape index (κ3) is 3.82. The molecule has 4 heteroatoms. The molecule has 2 N–H and O–H groups in total. The summed E-state index contributed by atoms with van der Waals surface area (Å²) in [4.78, 5) is 10.8. The van der Waals surface area contributed by atoms with E-state index in [1.807, 2.05) is 0 Å². The van der Waals surface area contributed by atoms with Crippen LogP contribution >= 0.6 is 0 Å². The number of carboxylic acid groups (broad SMARTS) is 1. The molecule has 1 fully saturated rings. The van der Waals surface area contributed by atoms with Gasteiger partial charge < -0.3 is 5.11 Å². The molecule has 1 aliphatic carbocycles. The van der Waals surface area contributed by atoms with Crippen LogP contribution in [0.2, 0.25) is 0 Å². The second-order valence-electron chi connectivity index (χ2n) is 4.53. The summed E-state index contributed by atoms with van der Waals surface area (Å²) in [7, 11) is 0. The van der Waals surface area contributed by atoms with Crippen molar-refractivity contribution in [2.45, 2.75) is 25.6 Å². The van der Waals surface area contributed by atoms with E-state index in [4.69, 9.17) is 5.11 Å². The van der Waals surface area contributed by atoms with Gasteiger partial charge in [0.25, 0.3) is 0 Å². The van der Waals surface area contributed by atoms with Crippen LogP contribution in [-0.2, 0) is 6.42 Å². The number of carbonyl (C=O) groups is 1. The Hall–Kier alpha value is -1.42. The Morgan fingerprint density at radius 2 is 2.29 bits per heavy atom. The number of carboxylic acids is 1. The topological polar surface area (TPSA) is 49.3 Å². The SMILES string of the molecule is O=C(O)c1cccc(CC(F)NCC2CC2)c1. The molecular formula is C13H16FNO2. The molecule has 1 aromatic carbocycles. The lowest BCUT2D eigenvalue weighted by Gasteiger charge is -2.10. The van der Waals surface area contributed by atoms with Gasteiger partial charge in [0.05, 0.1) is 5.56 Å². The predicted molar refractivity (Wildman–Crippen MR) is 62.7 cm³/mol. The first kappa shape index (κ1) is 12.0. The minimum Gasteiger partial charge on any atom is -0.478 e. The Bertz CT molecular complexity index is 404. The van der Waals surface area contributed by atoms with Crippen LogP contribution in [0.1, 0.15) is 28.8 Å². The quantitative estimate of drug-likeness (QED) is 0.746. The lowest BCUT2D eigenvalue weighted by atomic mass is 10.1. The molecule has 0 spiro atoms. The fraction of sp³-hybridized carbons (Fsp3) is 0.462. The minimum atomic E-state index is -1.10. The van der Waals surface area contributed by atoms with E-state index < -0.39 is 12.3 Å². The van der Waals surface area contributed by atoms with Crippen molar-refractivity contribution in [3.05, 3.63) is 35.4 Å². The second kappa shape index (κ2) is 5.27. The Balaban J connectivity index is 1.87. The number of aromatic carboxylic acids is 1. The zero-order valence-corrected chi connectivity index (χ0v) is 9.53. The molecule has 92 valence electrons. The summed E-state index contributed by atoms with van der Waals surface area (Å²) < 4.78 is 13.6. The second-order valence-corrected chi connectivity index (χ2v) is 4.53. The van der Waals surface area contributed by atoms with Crippen LogP contribution in [0.15, 0.2) is 24.3 Å². The maximum Gasteiger partial charge on any atom is 0.335 e. The minimum absolute atomic E-state index is 0.205. The molecule has 17 heavy (non-hydrogen) atoms. The van der Waals surface area contributed by atoms with Crippen molar-refractivity contribution >= 4 is 5.97 Å². The van der Waals surface area contributed by atoms with E-state index in [1.54, 1.807) is 12.1 Å². The maximum atomic E-state index is 13.6. The first-order chi connectivity index (χ1) is 8.15. The van der Waals surface area contributed by atoms with Gasteiger partial charge in [0.1, 0.15) is 0 Å². The third-order valence-corrected chi connectivity index (χ3v) is 2.91. The summed E-state index contributed by atoms with van der Waals surface area (Å²) >= 11 is 0. The zero-order valence-electron chi connectivity index (χ0n) is 9.53. The van der Waals surface area contributed by atoms with Crippen LogP contribution < -0.4 is 5.32 Å². The Morgan fingerprint density at radius 1 is 1.53 bits per heavy atom. The highest BCUT2D eigenvalue weighted by molar-refractivity contribution is 5.87. The van der Waals surface area contributed by atoms with E-state index >= 15 is 0 Å². The van der Waals surface area contributed by atoms with Crippen molar-refractivity contribution < 1.29 is 14.3 Å². The largest absolute Gasteiger partial charge is 0.478 e. The molecule has 0 aliphatic heterocycles. The van der Waals surface area contributed by atoms with Gasteiger partial charge in [-0.2, -0.15) is 0 Å². The molecule has 0 bridgehead atoms. The summed E-state index contributed by atoms with van der Waals surface area (Å²) in [6.07, 6.45) is 1.50. The average Bonchev–Trinajstić information content (AvgIpc) is 3.10. The maximum absolute atomic E-state index is 13.6. The number of benzene rings is 1. The van der Waals surface area contributed by atoms with Crippen LogP contribution in [0.25, 0.3) is 0 Å². The van der Waals surface area contributed by atoms with Gasteiger partial charge in [-0.15, -0.1) is 0 Å². The van der Waals surface area contributed by atoms with Crippen LogP contribution in [0.5, 0.6) is 0 Å². The van der Waals surface area contributed by atoms with Crippen LogP contribution in [0, 0.1) is 5.92 Å². The van der Waals surface area contributed by atoms with Crippen molar-refractivity contribution in [2.75, 3.05) is 6.54 Å². The van der Waals surface area contributed by atoms with E-state index in [1.165, 1.54) is 25.0 Å². The predicted octanol–water partition coefficient (Wildman–Crippen LogP) is 2.22. The average molecular weight is 237 g/mol. The molecule has 0 aromatic heterocycles. The summed E-state index contributed by atoms with van der Waals surface area (Å²) in [6.45, 7) is 0.722. The molecule has 1 aromatic rings. The van der Waals surface area contributed by atoms with Crippen LogP contribution in [0.3, 0.4) is 0 Å². The number of alkyl halides is 1. The summed E-state index contributed by atoms with van der Waals surface area (Å²) in [5, 5.41) is 11.6. The van der Waals surface area contributed by atoms with Gasteiger partial charge in [0.2, 0.25) is 0 Å². The Morgan fingerprint density at radius 3 is 2.94 bits per heavy atom. The number of rotatable bonds is 6. The number of nitrogens with one attached hydrogen (secondary N) is 1. The van der Waals surface area contributed by atoms with Crippen molar-refractivity contribution in [1.82, 2.24) is 5.32 Å². The molecule has 2 rings (SSSR count). The van der Waals surface area contributed by atoms with Crippen molar-refractivity contribution in [3.8, 4) is 0 Å². The van der Waals surface area contributed by atoms with Gasteiger partial charge in [-0.1, -0.05) is 12.1 Å². The number of hydrogen-bond acceptors (Lipinski definition) is 2. The van der Waals surface area contributed by atoms with E-state index in [0.717, 1.165) is 6.54 Å². The summed E-state index contributed by atoms with van der Waals surface area (Å²) in [5.41, 5.74) is 0.914. The molecule has 0 amide bonds. The monoisotopic (exact) mass is 237 g/mol. The third-order valence-electron chi connectivity index (χ3n) is 2.91. The molecule has 0 heterocycles. The molecular weight excluding hydrogens is 221 g/mol. The molecule has 0 radical (unpaired) electrons. The molecule has 1 unspecified atom stereocenters. The van der Waals surface area contributed by atoms with E-state index in [0.29, 0.717) is 11.5 Å². The fourth-order valence-electron chi connectivity index (χ4n) is 1.73. The van der Waals surface area contributed by atoms with Crippen molar-refractivity contribution in [2.24, 2.45) is 5.92 Å². The van der Waals surface area contributed by atoms with Gasteiger partial charge in [0.15, 0.2) is 6.30 Å². The van der Waals surface area contributed by atoms with Gasteiger partial charge in [-0.05, 0) is 36.5 Å².